The molecule has 0 amide bonds. The highest BCUT2D eigenvalue weighted by atomic mass is 35.7. The van der Waals surface area contributed by atoms with E-state index in [0.29, 0.717) is 11.4 Å². The molecule has 0 bridgehead atoms. The molecule has 0 unspecified atom stereocenters. The zero-order chi connectivity index (χ0) is 17.9. The Morgan fingerprint density at radius 2 is 1.48 bits per heavy atom. The number of anilines is 2. The van der Waals surface area contributed by atoms with Crippen LogP contribution in [-0.4, -0.2) is 39.3 Å². The fourth-order valence-corrected chi connectivity index (χ4v) is 1.56. The molecule has 0 aromatic carbocycles. The van der Waals surface area contributed by atoms with Crippen molar-refractivity contribution in [2.75, 3.05) is 23.0 Å². The highest BCUT2D eigenvalue weighted by Gasteiger charge is 1.99. The molecule has 2 heterocycles. The number of rotatable bonds is 2. The minimum Gasteiger partial charge on any atom is -0.397 e. The highest BCUT2D eigenvalue weighted by Crippen LogP contribution is 2.03. The molecular weight excluding hydrogens is 364 g/mol. The van der Waals surface area contributed by atoms with Crippen molar-refractivity contribution < 1.29 is 16.8 Å². The first-order valence-corrected chi connectivity index (χ1v) is 10.5. The quantitative estimate of drug-likeness (QED) is 0.750. The molecule has 0 radical (unpaired) electrons. The van der Waals surface area contributed by atoms with Crippen molar-refractivity contribution in [1.82, 2.24) is 9.97 Å². The molecule has 23 heavy (non-hydrogen) atoms. The van der Waals surface area contributed by atoms with E-state index in [1.807, 2.05) is 0 Å². The van der Waals surface area contributed by atoms with Gasteiger partial charge >= 0.3 is 0 Å². The second-order valence-corrected chi connectivity index (χ2v) is 8.88. The summed E-state index contributed by atoms with van der Waals surface area (Å²) in [7, 11) is -1.86. The Labute approximate surface area is 140 Å². The lowest BCUT2D eigenvalue weighted by Gasteiger charge is -2.00. The second kappa shape index (κ2) is 9.98. The van der Waals surface area contributed by atoms with Gasteiger partial charge in [0.25, 0.3) is 0 Å². The van der Waals surface area contributed by atoms with Crippen LogP contribution in [0, 0.1) is 0 Å². The fourth-order valence-electron chi connectivity index (χ4n) is 1.01. The molecule has 11 heteroatoms. The van der Waals surface area contributed by atoms with E-state index in [9.17, 15) is 16.8 Å². The Hall–Kier alpha value is -1.91. The van der Waals surface area contributed by atoms with E-state index < -0.39 is 19.1 Å². The lowest BCUT2D eigenvalue weighted by Crippen LogP contribution is -2.09. The number of sulfonamides is 1. The summed E-state index contributed by atoms with van der Waals surface area (Å²) in [6.07, 6.45) is 8.35. The summed E-state index contributed by atoms with van der Waals surface area (Å²) in [5.74, 6) is 0. The standard InChI is InChI=1S/C6H8N2O2S.C5H6N2.CH3ClO2S/c1-11(9,10)8-6-3-2-4-7-5-6;6-5-2-1-3-7-4-5;1-5(2,3)4/h2-5,8H,1H3;1-4H,6H2;1H3. The van der Waals surface area contributed by atoms with Gasteiger partial charge in [-0.25, -0.2) is 16.8 Å². The number of hydrogen-bond donors (Lipinski definition) is 2. The van der Waals surface area contributed by atoms with E-state index in [4.69, 9.17) is 5.73 Å². The Bertz CT molecular complexity index is 761. The van der Waals surface area contributed by atoms with Crippen molar-refractivity contribution >= 4 is 41.1 Å². The summed E-state index contributed by atoms with van der Waals surface area (Å²) in [6, 6.07) is 6.89. The maximum Gasteiger partial charge on any atom is 0.229 e. The van der Waals surface area contributed by atoms with Gasteiger partial charge < -0.3 is 5.73 Å². The summed E-state index contributed by atoms with van der Waals surface area (Å²) in [5, 5.41) is 0. The molecule has 0 saturated carbocycles. The molecule has 128 valence electrons. The first kappa shape index (κ1) is 21.1. The summed E-state index contributed by atoms with van der Waals surface area (Å²) in [4.78, 5) is 7.50. The van der Waals surface area contributed by atoms with Crippen molar-refractivity contribution in [1.29, 1.82) is 0 Å². The summed E-state index contributed by atoms with van der Waals surface area (Å²) in [5.41, 5.74) is 6.49. The Morgan fingerprint density at radius 3 is 1.74 bits per heavy atom. The Kier molecular flexibility index (Phi) is 9.15. The third kappa shape index (κ3) is 18.0. The first-order valence-electron chi connectivity index (χ1n) is 5.90. The van der Waals surface area contributed by atoms with Gasteiger partial charge in [-0.3, -0.25) is 14.7 Å². The molecule has 0 aliphatic rings. The number of halogens is 1. The van der Waals surface area contributed by atoms with Crippen molar-refractivity contribution in [3.63, 3.8) is 0 Å². The summed E-state index contributed by atoms with van der Waals surface area (Å²) in [6.45, 7) is 0. The van der Waals surface area contributed by atoms with Crippen molar-refractivity contribution in [3.8, 4) is 0 Å². The van der Waals surface area contributed by atoms with Crippen LogP contribution >= 0.6 is 10.7 Å². The van der Waals surface area contributed by atoms with Crippen LogP contribution in [0.15, 0.2) is 49.1 Å². The highest BCUT2D eigenvalue weighted by molar-refractivity contribution is 8.13. The van der Waals surface area contributed by atoms with Gasteiger partial charge in [-0.15, -0.1) is 0 Å². The maximum atomic E-state index is 10.7. The summed E-state index contributed by atoms with van der Waals surface area (Å²) >= 11 is 0. The molecule has 2 aromatic rings. The Balaban J connectivity index is 0.000000347. The minimum atomic E-state index is -3.19. The van der Waals surface area contributed by atoms with Crippen LogP contribution in [-0.2, 0) is 19.1 Å². The lowest BCUT2D eigenvalue weighted by atomic mass is 10.4. The van der Waals surface area contributed by atoms with Gasteiger partial charge in [-0.05, 0) is 24.3 Å². The van der Waals surface area contributed by atoms with Crippen LogP contribution in [0.25, 0.3) is 0 Å². The number of nitrogens with one attached hydrogen (secondary N) is 1. The first-order chi connectivity index (χ1) is 10.5. The van der Waals surface area contributed by atoms with E-state index in [-0.39, 0.29) is 0 Å². The molecule has 0 aliphatic heterocycles. The van der Waals surface area contributed by atoms with Crippen LogP contribution in [0.4, 0.5) is 11.4 Å². The second-order valence-electron chi connectivity index (χ2n) is 4.08. The fraction of sp³-hybridized carbons (Fsp3) is 0.167. The third-order valence-corrected chi connectivity index (χ3v) is 2.26. The molecule has 0 fully saturated rings. The predicted octanol–water partition coefficient (Wildman–Crippen LogP) is 1.30. The van der Waals surface area contributed by atoms with E-state index in [0.717, 1.165) is 12.5 Å². The number of nitrogens with zero attached hydrogens (tertiary/aromatic N) is 2. The van der Waals surface area contributed by atoms with Gasteiger partial charge in [0.05, 0.1) is 30.1 Å². The molecule has 2 rings (SSSR count). The molecule has 0 aliphatic carbocycles. The van der Waals surface area contributed by atoms with Gasteiger partial charge in [-0.1, -0.05) is 0 Å². The van der Waals surface area contributed by atoms with E-state index in [1.165, 1.54) is 6.20 Å². The summed E-state index contributed by atoms with van der Waals surface area (Å²) < 4.78 is 42.4. The maximum absolute atomic E-state index is 10.7. The van der Waals surface area contributed by atoms with Gasteiger partial charge in [-0.2, -0.15) is 0 Å². The molecule has 0 spiro atoms. The van der Waals surface area contributed by atoms with Crippen molar-refractivity contribution in [2.45, 2.75) is 0 Å². The normalized spacial score (nSPS) is 10.4. The van der Waals surface area contributed by atoms with Crippen molar-refractivity contribution in [2.24, 2.45) is 0 Å². The zero-order valence-corrected chi connectivity index (χ0v) is 14.8. The van der Waals surface area contributed by atoms with Gasteiger partial charge in [0, 0.05) is 29.3 Å². The molecular formula is C12H17ClN4O4S2. The van der Waals surface area contributed by atoms with Crippen LogP contribution in [0.3, 0.4) is 0 Å². The van der Waals surface area contributed by atoms with Gasteiger partial charge in [0.2, 0.25) is 19.1 Å². The number of hydrogen-bond acceptors (Lipinski definition) is 7. The molecule has 8 nitrogen and oxygen atoms in total. The number of pyridine rings is 2. The largest absolute Gasteiger partial charge is 0.397 e. The van der Waals surface area contributed by atoms with E-state index in [2.05, 4.69) is 25.4 Å². The number of nitrogens with two attached hydrogens (primary N) is 1. The molecule has 0 atom stereocenters. The van der Waals surface area contributed by atoms with E-state index >= 15 is 0 Å². The van der Waals surface area contributed by atoms with Crippen LogP contribution in [0.5, 0.6) is 0 Å². The molecule has 3 N–H and O–H groups in total. The average molecular weight is 381 g/mol. The van der Waals surface area contributed by atoms with Crippen molar-refractivity contribution in [3.05, 3.63) is 49.1 Å². The number of aromatic nitrogens is 2. The predicted molar refractivity (Wildman–Crippen MR) is 92.0 cm³/mol. The average Bonchev–Trinajstić information content (AvgIpc) is 2.37. The molecule has 2 aromatic heterocycles. The van der Waals surface area contributed by atoms with Crippen LogP contribution < -0.4 is 10.5 Å². The van der Waals surface area contributed by atoms with E-state index in [1.54, 1.807) is 42.9 Å². The topological polar surface area (TPSA) is 132 Å². The smallest absolute Gasteiger partial charge is 0.229 e. The zero-order valence-electron chi connectivity index (χ0n) is 12.4. The lowest BCUT2D eigenvalue weighted by molar-refractivity contribution is 0.606. The van der Waals surface area contributed by atoms with Crippen LogP contribution in [0.1, 0.15) is 0 Å². The molecule has 0 saturated heterocycles. The SMILES string of the molecule is CS(=O)(=O)Cl.CS(=O)(=O)Nc1cccnc1.Nc1cccnc1. The Morgan fingerprint density at radius 1 is 1.00 bits per heavy atom. The van der Waals surface area contributed by atoms with Gasteiger partial charge in [0.1, 0.15) is 0 Å². The van der Waals surface area contributed by atoms with Gasteiger partial charge in [0.15, 0.2) is 0 Å². The number of nitrogen functional groups attached to an aromatic ring is 1. The monoisotopic (exact) mass is 380 g/mol. The minimum absolute atomic E-state index is 0.481. The van der Waals surface area contributed by atoms with Crippen LogP contribution in [0.2, 0.25) is 0 Å². The third-order valence-electron chi connectivity index (χ3n) is 1.65.